The maximum atomic E-state index is 12.3. The second kappa shape index (κ2) is 7.23. The molecule has 1 aliphatic heterocycles. The number of anilines is 1. The predicted octanol–water partition coefficient (Wildman–Crippen LogP) is 3.29. The highest BCUT2D eigenvalue weighted by atomic mass is 16.5. The molecule has 0 radical (unpaired) electrons. The van der Waals surface area contributed by atoms with Crippen molar-refractivity contribution in [1.29, 1.82) is 0 Å². The minimum atomic E-state index is -0.248. The lowest BCUT2D eigenvalue weighted by Crippen LogP contribution is -2.38. The van der Waals surface area contributed by atoms with Crippen molar-refractivity contribution in [2.24, 2.45) is 5.92 Å². The first-order valence-electron chi connectivity index (χ1n) is 8.78. The number of hydrogen-bond donors (Lipinski definition) is 1. The SMILES string of the molecule is Cc1ccc2c(c1)N(Cc1ccc(C(=O)NC(C)C(C)C)o1)C(=O)CO2. The zero-order valence-electron chi connectivity index (χ0n) is 15.5. The van der Waals surface area contributed by atoms with E-state index in [4.69, 9.17) is 9.15 Å². The summed E-state index contributed by atoms with van der Waals surface area (Å²) in [7, 11) is 0. The van der Waals surface area contributed by atoms with Crippen LogP contribution in [-0.4, -0.2) is 24.5 Å². The van der Waals surface area contributed by atoms with Gasteiger partial charge in [0.25, 0.3) is 11.8 Å². The van der Waals surface area contributed by atoms with Crippen LogP contribution in [0.1, 0.15) is 42.6 Å². The second-order valence-corrected chi connectivity index (χ2v) is 7.01. The van der Waals surface area contributed by atoms with Gasteiger partial charge in [0.15, 0.2) is 12.4 Å². The van der Waals surface area contributed by atoms with E-state index in [-0.39, 0.29) is 36.8 Å². The van der Waals surface area contributed by atoms with E-state index in [0.29, 0.717) is 17.4 Å². The van der Waals surface area contributed by atoms with Crippen molar-refractivity contribution in [3.63, 3.8) is 0 Å². The van der Waals surface area contributed by atoms with E-state index in [2.05, 4.69) is 5.32 Å². The monoisotopic (exact) mass is 356 g/mol. The highest BCUT2D eigenvalue weighted by Crippen LogP contribution is 2.34. The summed E-state index contributed by atoms with van der Waals surface area (Å²) in [6.45, 7) is 8.26. The molecule has 2 heterocycles. The third-order valence-corrected chi connectivity index (χ3v) is 4.62. The summed E-state index contributed by atoms with van der Waals surface area (Å²) >= 11 is 0. The number of ether oxygens (including phenoxy) is 1. The number of nitrogens with one attached hydrogen (secondary N) is 1. The van der Waals surface area contributed by atoms with Crippen LogP contribution in [0.5, 0.6) is 5.75 Å². The maximum absolute atomic E-state index is 12.3. The lowest BCUT2D eigenvalue weighted by atomic mass is 10.1. The van der Waals surface area contributed by atoms with Crippen LogP contribution >= 0.6 is 0 Å². The number of nitrogens with zero attached hydrogens (tertiary/aromatic N) is 1. The molecule has 0 bridgehead atoms. The summed E-state index contributed by atoms with van der Waals surface area (Å²) < 4.78 is 11.2. The molecule has 6 nitrogen and oxygen atoms in total. The average Bonchev–Trinajstić information content (AvgIpc) is 3.06. The summed E-state index contributed by atoms with van der Waals surface area (Å²) in [5.74, 6) is 1.42. The first kappa shape index (κ1) is 18.0. The molecular formula is C20H24N2O4. The van der Waals surface area contributed by atoms with Gasteiger partial charge in [-0.1, -0.05) is 19.9 Å². The quantitative estimate of drug-likeness (QED) is 0.892. The Bertz CT molecular complexity index is 825. The van der Waals surface area contributed by atoms with E-state index < -0.39 is 0 Å². The Morgan fingerprint density at radius 1 is 1.23 bits per heavy atom. The van der Waals surface area contributed by atoms with Crippen molar-refractivity contribution in [3.8, 4) is 5.75 Å². The largest absolute Gasteiger partial charge is 0.482 e. The second-order valence-electron chi connectivity index (χ2n) is 7.01. The zero-order chi connectivity index (χ0) is 18.8. The molecule has 0 saturated heterocycles. The van der Waals surface area contributed by atoms with Gasteiger partial charge in [0.05, 0.1) is 12.2 Å². The van der Waals surface area contributed by atoms with Crippen molar-refractivity contribution >= 4 is 17.5 Å². The van der Waals surface area contributed by atoms with Crippen molar-refractivity contribution < 1.29 is 18.7 Å². The van der Waals surface area contributed by atoms with E-state index in [9.17, 15) is 9.59 Å². The third kappa shape index (κ3) is 3.74. The number of carbonyl (C=O) groups is 2. The minimum Gasteiger partial charge on any atom is -0.482 e. The number of aryl methyl sites for hydroxylation is 1. The van der Waals surface area contributed by atoms with Crippen LogP contribution < -0.4 is 15.0 Å². The van der Waals surface area contributed by atoms with Crippen LogP contribution in [0.15, 0.2) is 34.7 Å². The molecule has 0 saturated carbocycles. The predicted molar refractivity (Wildman–Crippen MR) is 98.3 cm³/mol. The van der Waals surface area contributed by atoms with Gasteiger partial charge in [0.2, 0.25) is 0 Å². The lowest BCUT2D eigenvalue weighted by molar-refractivity contribution is -0.121. The topological polar surface area (TPSA) is 71.8 Å². The number of benzene rings is 1. The zero-order valence-corrected chi connectivity index (χ0v) is 15.5. The van der Waals surface area contributed by atoms with E-state index in [0.717, 1.165) is 11.3 Å². The van der Waals surface area contributed by atoms with E-state index in [1.807, 2.05) is 45.9 Å². The number of amides is 2. The number of fused-ring (bicyclic) bond motifs is 1. The van der Waals surface area contributed by atoms with Crippen LogP contribution in [-0.2, 0) is 11.3 Å². The van der Waals surface area contributed by atoms with Crippen LogP contribution in [0.25, 0.3) is 0 Å². The summed E-state index contributed by atoms with van der Waals surface area (Å²) in [5, 5.41) is 2.91. The highest BCUT2D eigenvalue weighted by molar-refractivity contribution is 5.97. The highest BCUT2D eigenvalue weighted by Gasteiger charge is 2.27. The normalized spacial score (nSPS) is 14.8. The first-order chi connectivity index (χ1) is 12.3. The molecule has 1 N–H and O–H groups in total. The smallest absolute Gasteiger partial charge is 0.287 e. The standard InChI is InChI=1S/C20H24N2O4/c1-12(2)14(4)21-20(24)18-8-6-15(26-18)10-22-16-9-13(3)5-7-17(16)25-11-19(22)23/h5-9,12,14H,10-11H2,1-4H3,(H,21,24). The van der Waals surface area contributed by atoms with E-state index in [1.165, 1.54) is 0 Å². The molecule has 3 rings (SSSR count). The third-order valence-electron chi connectivity index (χ3n) is 4.62. The van der Waals surface area contributed by atoms with Gasteiger partial charge in [-0.05, 0) is 49.6 Å². The van der Waals surface area contributed by atoms with Crippen molar-refractivity contribution in [2.75, 3.05) is 11.5 Å². The summed E-state index contributed by atoms with van der Waals surface area (Å²) in [6, 6.07) is 9.13. The molecule has 1 aliphatic rings. The summed E-state index contributed by atoms with van der Waals surface area (Å²) in [5.41, 5.74) is 1.76. The van der Waals surface area contributed by atoms with E-state index in [1.54, 1.807) is 17.0 Å². The molecule has 1 unspecified atom stereocenters. The molecule has 0 aliphatic carbocycles. The van der Waals surface area contributed by atoms with Crippen molar-refractivity contribution in [2.45, 2.75) is 40.3 Å². The minimum absolute atomic E-state index is 0.00395. The molecule has 1 aromatic heterocycles. The fraction of sp³-hybridized carbons (Fsp3) is 0.400. The number of hydrogen-bond acceptors (Lipinski definition) is 4. The van der Waals surface area contributed by atoms with Gasteiger partial charge in [-0.25, -0.2) is 0 Å². The molecular weight excluding hydrogens is 332 g/mol. The van der Waals surface area contributed by atoms with Gasteiger partial charge < -0.3 is 14.5 Å². The van der Waals surface area contributed by atoms with Gasteiger partial charge in [-0.2, -0.15) is 0 Å². The molecule has 26 heavy (non-hydrogen) atoms. The van der Waals surface area contributed by atoms with Gasteiger partial charge in [-0.15, -0.1) is 0 Å². The van der Waals surface area contributed by atoms with Gasteiger partial charge >= 0.3 is 0 Å². The van der Waals surface area contributed by atoms with Crippen LogP contribution in [0.4, 0.5) is 5.69 Å². The molecule has 2 aromatic rings. The van der Waals surface area contributed by atoms with Gasteiger partial charge in [0, 0.05) is 6.04 Å². The van der Waals surface area contributed by atoms with E-state index >= 15 is 0 Å². The van der Waals surface area contributed by atoms with Crippen LogP contribution in [0.2, 0.25) is 0 Å². The number of carbonyl (C=O) groups excluding carboxylic acids is 2. The Balaban J connectivity index is 1.76. The lowest BCUT2D eigenvalue weighted by Gasteiger charge is -2.29. The first-order valence-corrected chi connectivity index (χ1v) is 8.78. The van der Waals surface area contributed by atoms with Gasteiger partial charge in [-0.3, -0.25) is 14.5 Å². The maximum Gasteiger partial charge on any atom is 0.287 e. The Hall–Kier alpha value is -2.76. The summed E-state index contributed by atoms with van der Waals surface area (Å²) in [6.07, 6.45) is 0. The van der Waals surface area contributed by atoms with Gasteiger partial charge in [0.1, 0.15) is 11.5 Å². The molecule has 0 fully saturated rings. The molecule has 1 atom stereocenters. The fourth-order valence-electron chi connectivity index (χ4n) is 2.67. The fourth-order valence-corrected chi connectivity index (χ4v) is 2.67. The molecule has 1 aromatic carbocycles. The van der Waals surface area contributed by atoms with Crippen molar-refractivity contribution in [1.82, 2.24) is 5.32 Å². The van der Waals surface area contributed by atoms with Crippen LogP contribution in [0, 0.1) is 12.8 Å². The van der Waals surface area contributed by atoms with Crippen molar-refractivity contribution in [3.05, 3.63) is 47.4 Å². The molecule has 138 valence electrons. The Morgan fingerprint density at radius 2 is 2.00 bits per heavy atom. The van der Waals surface area contributed by atoms with Crippen LogP contribution in [0.3, 0.4) is 0 Å². The Kier molecular flexibility index (Phi) is 5.02. The number of furan rings is 1. The number of rotatable bonds is 5. The summed E-state index contributed by atoms with van der Waals surface area (Å²) in [4.78, 5) is 26.2. The Labute approximate surface area is 153 Å². The molecule has 0 spiro atoms. The average molecular weight is 356 g/mol. The molecule has 6 heteroatoms. The Morgan fingerprint density at radius 3 is 2.73 bits per heavy atom. The molecule has 2 amide bonds.